The Bertz CT molecular complexity index is 1040. The van der Waals surface area contributed by atoms with Crippen LogP contribution in [0.5, 0.6) is 5.75 Å². The Balaban J connectivity index is 1.67. The van der Waals surface area contributed by atoms with Gasteiger partial charge < -0.3 is 19.4 Å². The Labute approximate surface area is 216 Å². The monoisotopic (exact) mass is 491 g/mol. The van der Waals surface area contributed by atoms with Gasteiger partial charge in [-0.1, -0.05) is 43.9 Å². The van der Waals surface area contributed by atoms with Crippen LogP contribution in [0.3, 0.4) is 0 Å². The summed E-state index contributed by atoms with van der Waals surface area (Å²) < 4.78 is 6.62. The van der Waals surface area contributed by atoms with Gasteiger partial charge in [-0.15, -0.1) is 0 Å². The van der Waals surface area contributed by atoms with Crippen molar-refractivity contribution in [1.29, 1.82) is 0 Å². The predicted molar refractivity (Wildman–Crippen MR) is 145 cm³/mol. The fourth-order valence-electron chi connectivity index (χ4n) is 5.45. The number of para-hydroxylation sites is 1. The second-order valence-corrected chi connectivity index (χ2v) is 10.4. The Hall–Kier alpha value is -3.02. The summed E-state index contributed by atoms with van der Waals surface area (Å²) >= 11 is 0. The molecule has 2 aliphatic rings. The summed E-state index contributed by atoms with van der Waals surface area (Å²) in [7, 11) is 5.87. The molecule has 4 rings (SSSR count). The van der Waals surface area contributed by atoms with Crippen molar-refractivity contribution in [3.8, 4) is 5.75 Å². The Morgan fingerprint density at radius 3 is 2.42 bits per heavy atom. The number of hydrogen-bond donors (Lipinski definition) is 0. The fourth-order valence-corrected chi connectivity index (χ4v) is 5.45. The summed E-state index contributed by atoms with van der Waals surface area (Å²) in [5, 5.41) is 0. The zero-order valence-corrected chi connectivity index (χ0v) is 22.1. The third-order valence-electron chi connectivity index (χ3n) is 7.57. The second kappa shape index (κ2) is 12.3. The number of rotatable bonds is 2. The van der Waals surface area contributed by atoms with Crippen molar-refractivity contribution in [2.45, 2.75) is 69.9 Å². The lowest BCUT2D eigenvalue weighted by atomic mass is 9.90. The molecule has 0 radical (unpaired) electrons. The lowest BCUT2D eigenvalue weighted by molar-refractivity contribution is 0.0270. The van der Waals surface area contributed by atoms with E-state index in [-0.39, 0.29) is 24.0 Å². The minimum Gasteiger partial charge on any atom is -0.487 e. The molecule has 6 heteroatoms. The molecule has 0 N–H and O–H groups in total. The van der Waals surface area contributed by atoms with Crippen LogP contribution in [0.4, 0.5) is 5.69 Å². The smallest absolute Gasteiger partial charge is 0.257 e. The Kier molecular flexibility index (Phi) is 8.89. The van der Waals surface area contributed by atoms with Gasteiger partial charge in [0.25, 0.3) is 11.8 Å². The number of carbonyl (C=O) groups is 2. The number of benzene rings is 2. The van der Waals surface area contributed by atoms with Gasteiger partial charge in [0.2, 0.25) is 0 Å². The molecule has 2 aromatic carbocycles. The predicted octanol–water partition coefficient (Wildman–Crippen LogP) is 5.62. The van der Waals surface area contributed by atoms with Crippen molar-refractivity contribution in [2.75, 3.05) is 39.1 Å². The average Bonchev–Trinajstić information content (AvgIpc) is 2.90. The Morgan fingerprint density at radius 1 is 0.889 bits per heavy atom. The molecule has 0 saturated heterocycles. The minimum absolute atomic E-state index is 0.00117. The maximum Gasteiger partial charge on any atom is 0.257 e. The molecular formula is C30H41N3O3. The normalized spacial score (nSPS) is 21.9. The van der Waals surface area contributed by atoms with Crippen molar-refractivity contribution in [3.05, 3.63) is 59.7 Å². The van der Waals surface area contributed by atoms with E-state index >= 15 is 0 Å². The van der Waals surface area contributed by atoms with Crippen molar-refractivity contribution >= 4 is 17.5 Å². The number of amides is 2. The van der Waals surface area contributed by atoms with Crippen LogP contribution in [0.1, 0.15) is 78.5 Å². The number of fused-ring (bicyclic) bond motifs is 2. The molecule has 1 fully saturated rings. The van der Waals surface area contributed by atoms with Crippen LogP contribution in [0, 0.1) is 0 Å². The molecule has 0 spiro atoms. The van der Waals surface area contributed by atoms with E-state index in [0.29, 0.717) is 11.3 Å². The molecule has 6 nitrogen and oxygen atoms in total. The van der Waals surface area contributed by atoms with E-state index in [1.165, 1.54) is 0 Å². The third-order valence-corrected chi connectivity index (χ3v) is 7.57. The highest BCUT2D eigenvalue weighted by molar-refractivity contribution is 5.97. The van der Waals surface area contributed by atoms with Crippen LogP contribution in [-0.2, 0) is 0 Å². The first-order chi connectivity index (χ1) is 17.5. The van der Waals surface area contributed by atoms with Gasteiger partial charge in [-0.05, 0) is 62.4 Å². The molecule has 1 saturated carbocycles. The van der Waals surface area contributed by atoms with Gasteiger partial charge in [0, 0.05) is 45.5 Å². The SMILES string of the molecule is CN1CCCCCCCN(C(=O)c2cccc(N(C)C)c2)[C@@H]2CCCC[C@@H]2Oc2ccccc2C1=O. The molecule has 0 bridgehead atoms. The highest BCUT2D eigenvalue weighted by Gasteiger charge is 2.35. The lowest BCUT2D eigenvalue weighted by Crippen LogP contribution is -2.51. The first kappa shape index (κ1) is 26.1. The molecule has 1 aliphatic heterocycles. The summed E-state index contributed by atoms with van der Waals surface area (Å²) in [5.41, 5.74) is 2.35. The minimum atomic E-state index is -0.135. The first-order valence-corrected chi connectivity index (χ1v) is 13.5. The molecule has 194 valence electrons. The summed E-state index contributed by atoms with van der Waals surface area (Å²) in [6.45, 7) is 1.47. The zero-order valence-electron chi connectivity index (χ0n) is 22.1. The van der Waals surface area contributed by atoms with Crippen LogP contribution >= 0.6 is 0 Å². The quantitative estimate of drug-likeness (QED) is 0.547. The molecule has 1 aliphatic carbocycles. The molecule has 2 aromatic rings. The topological polar surface area (TPSA) is 53.1 Å². The van der Waals surface area contributed by atoms with Gasteiger partial charge in [-0.25, -0.2) is 0 Å². The van der Waals surface area contributed by atoms with Crippen molar-refractivity contribution < 1.29 is 14.3 Å². The van der Waals surface area contributed by atoms with E-state index in [4.69, 9.17) is 4.74 Å². The number of anilines is 1. The summed E-state index contributed by atoms with van der Waals surface area (Å²) in [6.07, 6.45) is 9.04. The van der Waals surface area contributed by atoms with E-state index < -0.39 is 0 Å². The van der Waals surface area contributed by atoms with E-state index in [9.17, 15) is 9.59 Å². The average molecular weight is 492 g/mol. The standard InChI is InChI=1S/C30H41N3O3/c1-31(2)24-15-13-14-23(22-24)29(34)33-21-12-6-4-5-11-20-32(3)30(35)25-16-7-9-18-27(25)36-28-19-10-8-17-26(28)33/h7,9,13-16,18,22,26,28H,4-6,8,10-12,17,19-21H2,1-3H3/t26-,28+/m1/s1. The number of nitrogens with zero attached hydrogens (tertiary/aromatic N) is 3. The maximum atomic E-state index is 14.0. The molecule has 2 atom stereocenters. The highest BCUT2D eigenvalue weighted by atomic mass is 16.5. The van der Waals surface area contributed by atoms with E-state index in [1.54, 1.807) is 0 Å². The third kappa shape index (κ3) is 6.21. The summed E-state index contributed by atoms with van der Waals surface area (Å²) in [6, 6.07) is 15.5. The van der Waals surface area contributed by atoms with Crippen molar-refractivity contribution in [2.24, 2.45) is 0 Å². The van der Waals surface area contributed by atoms with Gasteiger partial charge in [0.1, 0.15) is 11.9 Å². The van der Waals surface area contributed by atoms with Gasteiger partial charge in [0.05, 0.1) is 11.6 Å². The van der Waals surface area contributed by atoms with E-state index in [1.807, 2.05) is 79.5 Å². The second-order valence-electron chi connectivity index (χ2n) is 10.4. The Morgan fingerprint density at radius 2 is 1.61 bits per heavy atom. The van der Waals surface area contributed by atoms with Crippen molar-refractivity contribution in [3.63, 3.8) is 0 Å². The first-order valence-electron chi connectivity index (χ1n) is 13.5. The molecule has 1 heterocycles. The largest absolute Gasteiger partial charge is 0.487 e. The molecule has 0 unspecified atom stereocenters. The molecule has 36 heavy (non-hydrogen) atoms. The maximum absolute atomic E-state index is 14.0. The van der Waals surface area contributed by atoms with Gasteiger partial charge >= 0.3 is 0 Å². The van der Waals surface area contributed by atoms with E-state index in [0.717, 1.165) is 82.1 Å². The van der Waals surface area contributed by atoms with Crippen LogP contribution in [-0.4, -0.2) is 68.0 Å². The number of ether oxygens (including phenoxy) is 1. The van der Waals surface area contributed by atoms with Crippen LogP contribution in [0.25, 0.3) is 0 Å². The number of hydrogen-bond acceptors (Lipinski definition) is 4. The summed E-state index contributed by atoms with van der Waals surface area (Å²) in [4.78, 5) is 33.1. The number of carbonyl (C=O) groups excluding carboxylic acids is 2. The van der Waals surface area contributed by atoms with E-state index in [2.05, 4.69) is 4.90 Å². The van der Waals surface area contributed by atoms with Gasteiger partial charge in [-0.3, -0.25) is 9.59 Å². The van der Waals surface area contributed by atoms with Gasteiger partial charge in [-0.2, -0.15) is 0 Å². The van der Waals surface area contributed by atoms with Crippen molar-refractivity contribution in [1.82, 2.24) is 9.80 Å². The van der Waals surface area contributed by atoms with Gasteiger partial charge in [0.15, 0.2) is 0 Å². The molecule has 2 amide bonds. The highest BCUT2D eigenvalue weighted by Crippen LogP contribution is 2.31. The van der Waals surface area contributed by atoms with Crippen LogP contribution < -0.4 is 9.64 Å². The van der Waals surface area contributed by atoms with Crippen LogP contribution in [0.2, 0.25) is 0 Å². The molecule has 0 aromatic heterocycles. The molecular weight excluding hydrogens is 450 g/mol. The lowest BCUT2D eigenvalue weighted by Gasteiger charge is -2.40. The van der Waals surface area contributed by atoms with Crippen LogP contribution in [0.15, 0.2) is 48.5 Å². The summed E-state index contributed by atoms with van der Waals surface area (Å²) in [5.74, 6) is 0.706. The fraction of sp³-hybridized carbons (Fsp3) is 0.533. The zero-order chi connectivity index (χ0) is 25.5.